The van der Waals surface area contributed by atoms with Gasteiger partial charge in [0.15, 0.2) is 6.10 Å². The van der Waals surface area contributed by atoms with Crippen molar-refractivity contribution in [3.8, 4) is 0 Å². The van der Waals surface area contributed by atoms with Crippen molar-refractivity contribution < 1.29 is 23.8 Å². The number of hydrogen-bond donors (Lipinski definition) is 0. The van der Waals surface area contributed by atoms with Gasteiger partial charge >= 0.3 is 11.9 Å². The Labute approximate surface area is 338 Å². The largest absolute Gasteiger partial charge is 0.462 e. The molecule has 0 aromatic heterocycles. The summed E-state index contributed by atoms with van der Waals surface area (Å²) in [5.41, 5.74) is 0. The second kappa shape index (κ2) is 46.3. The van der Waals surface area contributed by atoms with Crippen molar-refractivity contribution in [3.63, 3.8) is 0 Å². The van der Waals surface area contributed by atoms with Gasteiger partial charge in [-0.05, 0) is 19.3 Å². The van der Waals surface area contributed by atoms with Gasteiger partial charge in [0.05, 0.1) is 6.61 Å². The summed E-state index contributed by atoms with van der Waals surface area (Å²) in [6.07, 6.45) is 49.6. The maximum Gasteiger partial charge on any atom is 0.306 e. The first-order chi connectivity index (χ1) is 26.6. The van der Waals surface area contributed by atoms with Crippen LogP contribution in [0.25, 0.3) is 0 Å². The summed E-state index contributed by atoms with van der Waals surface area (Å²) in [5, 5.41) is 0. The van der Waals surface area contributed by atoms with E-state index in [0.29, 0.717) is 26.1 Å². The highest BCUT2D eigenvalue weighted by atomic mass is 16.6. The number of esters is 2. The van der Waals surface area contributed by atoms with Gasteiger partial charge < -0.3 is 14.2 Å². The molecule has 0 aliphatic heterocycles. The molecule has 322 valence electrons. The third kappa shape index (κ3) is 43.6. The highest BCUT2D eigenvalue weighted by Crippen LogP contribution is 2.16. The summed E-state index contributed by atoms with van der Waals surface area (Å²) < 4.78 is 17.4. The quantitative estimate of drug-likeness (QED) is 0.0456. The molecule has 0 aliphatic rings. The molecule has 0 fully saturated rings. The second-order valence-corrected chi connectivity index (χ2v) is 16.7. The molecule has 1 atom stereocenters. The lowest BCUT2D eigenvalue weighted by atomic mass is 10.0. The highest BCUT2D eigenvalue weighted by molar-refractivity contribution is 5.70. The predicted octanol–water partition coefficient (Wildman–Crippen LogP) is 16.1. The lowest BCUT2D eigenvalue weighted by molar-refractivity contribution is -0.163. The van der Waals surface area contributed by atoms with E-state index < -0.39 is 6.10 Å². The maximum atomic E-state index is 12.7. The van der Waals surface area contributed by atoms with Crippen LogP contribution < -0.4 is 0 Å². The van der Waals surface area contributed by atoms with Crippen molar-refractivity contribution in [1.29, 1.82) is 0 Å². The molecule has 0 bridgehead atoms. The van der Waals surface area contributed by atoms with Crippen molar-refractivity contribution in [2.75, 3.05) is 19.8 Å². The van der Waals surface area contributed by atoms with Crippen LogP contribution in [0.5, 0.6) is 0 Å². The molecule has 0 radical (unpaired) electrons. The Morgan fingerprint density at radius 1 is 0.333 bits per heavy atom. The third-order valence-corrected chi connectivity index (χ3v) is 11.1. The summed E-state index contributed by atoms with van der Waals surface area (Å²) in [6.45, 7) is 7.88. The molecule has 0 aliphatic carbocycles. The fourth-order valence-electron chi connectivity index (χ4n) is 7.45. The number of unbranched alkanes of at least 4 members (excludes halogenated alkanes) is 35. The van der Waals surface area contributed by atoms with Crippen molar-refractivity contribution in [1.82, 2.24) is 0 Å². The average Bonchev–Trinajstić information content (AvgIpc) is 3.17. The van der Waals surface area contributed by atoms with Gasteiger partial charge in [-0.1, -0.05) is 245 Å². The Morgan fingerprint density at radius 3 is 0.944 bits per heavy atom. The van der Waals surface area contributed by atoms with Gasteiger partial charge in [0.2, 0.25) is 0 Å². The fourth-order valence-corrected chi connectivity index (χ4v) is 7.45. The molecule has 0 saturated heterocycles. The molecular formula is C49H96O5. The zero-order valence-corrected chi connectivity index (χ0v) is 37.0. The molecule has 0 unspecified atom stereocenters. The van der Waals surface area contributed by atoms with E-state index in [-0.39, 0.29) is 18.5 Å². The van der Waals surface area contributed by atoms with E-state index in [4.69, 9.17) is 14.2 Å². The predicted molar refractivity (Wildman–Crippen MR) is 233 cm³/mol. The Kier molecular flexibility index (Phi) is 45.3. The first-order valence-electron chi connectivity index (χ1n) is 24.6. The minimum absolute atomic E-state index is 0.0970. The Morgan fingerprint density at radius 2 is 0.611 bits per heavy atom. The van der Waals surface area contributed by atoms with Gasteiger partial charge in [0.1, 0.15) is 6.61 Å². The minimum atomic E-state index is -0.521. The monoisotopic (exact) mass is 765 g/mol. The average molecular weight is 765 g/mol. The molecular weight excluding hydrogens is 669 g/mol. The zero-order valence-electron chi connectivity index (χ0n) is 37.0. The molecule has 0 aromatic rings. The molecule has 5 nitrogen and oxygen atoms in total. The van der Waals surface area contributed by atoms with Crippen molar-refractivity contribution >= 4 is 11.9 Å². The van der Waals surface area contributed by atoms with Gasteiger partial charge in [-0.15, -0.1) is 0 Å². The number of rotatable bonds is 46. The molecule has 0 heterocycles. The lowest BCUT2D eigenvalue weighted by Crippen LogP contribution is -2.30. The summed E-state index contributed by atoms with van der Waals surface area (Å²) in [4.78, 5) is 25.2. The molecule has 0 saturated carbocycles. The molecule has 0 rings (SSSR count). The first kappa shape index (κ1) is 52.9. The second-order valence-electron chi connectivity index (χ2n) is 16.7. The molecule has 5 heteroatoms. The first-order valence-corrected chi connectivity index (χ1v) is 24.6. The van der Waals surface area contributed by atoms with Crippen molar-refractivity contribution in [3.05, 3.63) is 0 Å². The lowest BCUT2D eigenvalue weighted by Gasteiger charge is -2.18. The molecule has 0 spiro atoms. The van der Waals surface area contributed by atoms with Crippen molar-refractivity contribution in [2.24, 2.45) is 0 Å². The molecule has 0 amide bonds. The Balaban J connectivity index is 4.16. The molecule has 54 heavy (non-hydrogen) atoms. The van der Waals surface area contributed by atoms with E-state index in [2.05, 4.69) is 20.8 Å². The molecule has 0 aromatic carbocycles. The summed E-state index contributed by atoms with van der Waals surface area (Å²) in [7, 11) is 0. The topological polar surface area (TPSA) is 61.8 Å². The minimum Gasteiger partial charge on any atom is -0.462 e. The van der Waals surface area contributed by atoms with E-state index in [1.165, 1.54) is 212 Å². The zero-order chi connectivity index (χ0) is 39.3. The van der Waals surface area contributed by atoms with Gasteiger partial charge in [-0.25, -0.2) is 0 Å². The van der Waals surface area contributed by atoms with Crippen LogP contribution in [-0.4, -0.2) is 37.9 Å². The van der Waals surface area contributed by atoms with Gasteiger partial charge in [0.25, 0.3) is 0 Å². The standard InChI is InChI=1S/C49H96O5/c1-4-7-10-13-16-19-22-23-24-25-26-29-32-35-38-41-44-52-45-47(54-49(51)43-40-37-34-31-28-21-18-15-12-9-6-3)46-53-48(50)42-39-36-33-30-27-20-17-14-11-8-5-2/h47H,4-46H2,1-3H3/t47-/m1/s1. The molecule has 0 N–H and O–H groups in total. The number of carbonyl (C=O) groups is 2. The maximum absolute atomic E-state index is 12.7. The third-order valence-electron chi connectivity index (χ3n) is 11.1. The van der Waals surface area contributed by atoms with Crippen LogP contribution in [0.4, 0.5) is 0 Å². The number of ether oxygens (including phenoxy) is 3. The van der Waals surface area contributed by atoms with Crippen LogP contribution in [0.1, 0.15) is 278 Å². The fraction of sp³-hybridized carbons (Fsp3) is 0.959. The van der Waals surface area contributed by atoms with Crippen LogP contribution in [0, 0.1) is 0 Å². The SMILES string of the molecule is CCCCCCCCCCCCCCCCCCOC[C@H](COC(=O)CCCCCCCCCCCCC)OC(=O)CCCCCCCCCCCCC. The van der Waals surface area contributed by atoms with Crippen LogP contribution in [-0.2, 0) is 23.8 Å². The van der Waals surface area contributed by atoms with Crippen LogP contribution in [0.3, 0.4) is 0 Å². The van der Waals surface area contributed by atoms with Crippen molar-refractivity contribution in [2.45, 2.75) is 284 Å². The summed E-state index contributed by atoms with van der Waals surface area (Å²) in [6, 6.07) is 0. The number of carbonyl (C=O) groups excluding carboxylic acids is 2. The van der Waals surface area contributed by atoms with E-state index >= 15 is 0 Å². The smallest absolute Gasteiger partial charge is 0.306 e. The summed E-state index contributed by atoms with van der Waals surface area (Å²) >= 11 is 0. The van der Waals surface area contributed by atoms with E-state index in [9.17, 15) is 9.59 Å². The van der Waals surface area contributed by atoms with Gasteiger partial charge in [-0.3, -0.25) is 9.59 Å². The Bertz CT molecular complexity index is 740. The van der Waals surface area contributed by atoms with Gasteiger partial charge in [-0.2, -0.15) is 0 Å². The van der Waals surface area contributed by atoms with Crippen LogP contribution in [0.2, 0.25) is 0 Å². The van der Waals surface area contributed by atoms with Crippen LogP contribution in [0.15, 0.2) is 0 Å². The Hall–Kier alpha value is -1.10. The number of hydrogen-bond acceptors (Lipinski definition) is 5. The highest BCUT2D eigenvalue weighted by Gasteiger charge is 2.17. The normalized spacial score (nSPS) is 12.0. The van der Waals surface area contributed by atoms with E-state index in [0.717, 1.165) is 32.1 Å². The van der Waals surface area contributed by atoms with Gasteiger partial charge in [0, 0.05) is 19.4 Å². The van der Waals surface area contributed by atoms with E-state index in [1.54, 1.807) is 0 Å². The van der Waals surface area contributed by atoms with E-state index in [1.807, 2.05) is 0 Å². The van der Waals surface area contributed by atoms with Crippen LogP contribution >= 0.6 is 0 Å². The summed E-state index contributed by atoms with van der Waals surface area (Å²) in [5.74, 6) is -0.376.